The monoisotopic (exact) mass is 479 g/mol. The van der Waals surface area contributed by atoms with E-state index in [0.29, 0.717) is 25.1 Å². The highest BCUT2D eigenvalue weighted by Gasteiger charge is 2.37. The number of rotatable bonds is 6. The molecule has 1 N–H and O–H groups in total. The number of benzene rings is 2. The van der Waals surface area contributed by atoms with Crippen LogP contribution in [0.4, 0.5) is 5.69 Å². The Hall–Kier alpha value is -3.23. The van der Waals surface area contributed by atoms with Crippen molar-refractivity contribution in [2.45, 2.75) is 38.5 Å². The number of carbonyl (C=O) groups is 1. The van der Waals surface area contributed by atoms with Crippen LogP contribution in [-0.4, -0.2) is 36.9 Å². The van der Waals surface area contributed by atoms with E-state index in [9.17, 15) is 13.2 Å². The first kappa shape index (κ1) is 23.9. The summed E-state index contributed by atoms with van der Waals surface area (Å²) >= 11 is 0. The lowest BCUT2D eigenvalue weighted by atomic mass is 9.98. The largest absolute Gasteiger partial charge is 0.355 e. The first-order chi connectivity index (χ1) is 16.3. The van der Waals surface area contributed by atoms with Crippen molar-refractivity contribution in [3.63, 3.8) is 0 Å². The van der Waals surface area contributed by atoms with Gasteiger partial charge in [0.1, 0.15) is 5.69 Å². The highest BCUT2D eigenvalue weighted by molar-refractivity contribution is 7.89. The second kappa shape index (κ2) is 9.95. The van der Waals surface area contributed by atoms with Gasteiger partial charge in [-0.2, -0.15) is 4.31 Å². The van der Waals surface area contributed by atoms with Gasteiger partial charge in [-0.3, -0.25) is 4.79 Å². The molecular formula is C26H29N3O4S. The smallest absolute Gasteiger partial charge is 0.248 e. The van der Waals surface area contributed by atoms with Crippen LogP contribution in [0.2, 0.25) is 0 Å². The third kappa shape index (κ3) is 5.13. The number of hydrogen-bond acceptors (Lipinski definition) is 5. The van der Waals surface area contributed by atoms with Crippen molar-refractivity contribution in [1.82, 2.24) is 9.46 Å². The molecule has 1 atom stereocenters. The fraction of sp³-hybridized carbons (Fsp3) is 0.308. The van der Waals surface area contributed by atoms with Gasteiger partial charge in [0.2, 0.25) is 15.9 Å². The van der Waals surface area contributed by atoms with Gasteiger partial charge in [0.25, 0.3) is 0 Å². The summed E-state index contributed by atoms with van der Waals surface area (Å²) in [7, 11) is -3.89. The summed E-state index contributed by atoms with van der Waals surface area (Å²) in [5.41, 5.74) is 4.06. The van der Waals surface area contributed by atoms with Gasteiger partial charge in [0.15, 0.2) is 10.7 Å². The molecule has 0 aliphatic carbocycles. The minimum Gasteiger partial charge on any atom is -0.355 e. The lowest BCUT2D eigenvalue weighted by Gasteiger charge is -2.31. The summed E-state index contributed by atoms with van der Waals surface area (Å²) in [5, 5.41) is 6.88. The van der Waals surface area contributed by atoms with Gasteiger partial charge in [-0.1, -0.05) is 59.3 Å². The number of aromatic nitrogens is 1. The molecule has 0 spiro atoms. The van der Waals surface area contributed by atoms with E-state index >= 15 is 0 Å². The van der Waals surface area contributed by atoms with Crippen molar-refractivity contribution < 1.29 is 17.7 Å². The van der Waals surface area contributed by atoms with E-state index in [4.69, 9.17) is 4.52 Å². The summed E-state index contributed by atoms with van der Waals surface area (Å²) < 4.78 is 33.9. The zero-order valence-electron chi connectivity index (χ0n) is 19.6. The fourth-order valence-corrected chi connectivity index (χ4v) is 6.00. The zero-order valence-corrected chi connectivity index (χ0v) is 20.4. The molecule has 178 valence electrons. The van der Waals surface area contributed by atoms with Gasteiger partial charge >= 0.3 is 0 Å². The van der Waals surface area contributed by atoms with Gasteiger partial charge in [-0.05, 0) is 56.9 Å². The Balaban J connectivity index is 1.53. The van der Waals surface area contributed by atoms with Crippen LogP contribution in [-0.2, 0) is 14.8 Å². The van der Waals surface area contributed by atoms with Gasteiger partial charge in [0.05, 0.1) is 5.92 Å². The number of piperidine rings is 1. The van der Waals surface area contributed by atoms with Crippen molar-refractivity contribution in [3.8, 4) is 0 Å². The van der Waals surface area contributed by atoms with E-state index in [0.717, 1.165) is 22.4 Å². The predicted molar refractivity (Wildman–Crippen MR) is 133 cm³/mol. The van der Waals surface area contributed by atoms with E-state index in [2.05, 4.69) is 10.5 Å². The predicted octanol–water partition coefficient (Wildman–Crippen LogP) is 4.81. The number of amides is 1. The van der Waals surface area contributed by atoms with Crippen molar-refractivity contribution in [2.75, 3.05) is 18.4 Å². The molecule has 3 aromatic rings. The van der Waals surface area contributed by atoms with Gasteiger partial charge in [-0.15, -0.1) is 0 Å². The first-order valence-electron chi connectivity index (χ1n) is 11.3. The third-order valence-electron chi connectivity index (χ3n) is 6.05. The van der Waals surface area contributed by atoms with Crippen LogP contribution in [0.1, 0.15) is 41.0 Å². The Kier molecular flexibility index (Phi) is 7.00. The Labute approximate surface area is 200 Å². The molecule has 1 amide bonds. The molecule has 8 heteroatoms. The molecule has 1 aliphatic heterocycles. The highest BCUT2D eigenvalue weighted by atomic mass is 32.2. The van der Waals surface area contributed by atoms with Gasteiger partial charge < -0.3 is 9.84 Å². The van der Waals surface area contributed by atoms with E-state index < -0.39 is 15.9 Å². The topological polar surface area (TPSA) is 92.5 Å². The molecule has 34 heavy (non-hydrogen) atoms. The number of nitrogens with one attached hydrogen (secondary N) is 1. The number of anilines is 1. The molecule has 0 bridgehead atoms. The third-order valence-corrected chi connectivity index (χ3v) is 8.08. The molecule has 1 aliphatic rings. The van der Waals surface area contributed by atoms with Crippen LogP contribution >= 0.6 is 0 Å². The van der Waals surface area contributed by atoms with Gasteiger partial charge in [0, 0.05) is 18.8 Å². The normalized spacial score (nSPS) is 17.2. The molecular weight excluding hydrogens is 450 g/mol. The summed E-state index contributed by atoms with van der Waals surface area (Å²) in [6, 6.07) is 15.4. The molecule has 1 unspecified atom stereocenters. The maximum atomic E-state index is 13.6. The number of carbonyl (C=O) groups excluding carboxylic acids is 1. The van der Waals surface area contributed by atoms with Crippen LogP contribution in [0.3, 0.4) is 0 Å². The fourth-order valence-electron chi connectivity index (χ4n) is 4.23. The standard InChI is InChI=1S/C26H29N3O4S/c1-18-11-13-23(19(2)16-18)27-26(30)22-10-7-15-29(17-22)34(31,32)25-20(3)28-33-24(25)14-12-21-8-5-4-6-9-21/h4-6,8-9,11-14,16,22H,7,10,15,17H2,1-3H3,(H,27,30). The molecule has 7 nitrogen and oxygen atoms in total. The maximum absolute atomic E-state index is 13.6. The molecule has 1 fully saturated rings. The quantitative estimate of drug-likeness (QED) is 0.548. The van der Waals surface area contributed by atoms with Crippen molar-refractivity contribution in [2.24, 2.45) is 5.92 Å². The van der Waals surface area contributed by atoms with Crippen molar-refractivity contribution in [3.05, 3.63) is 76.7 Å². The number of hydrogen-bond donors (Lipinski definition) is 1. The first-order valence-corrected chi connectivity index (χ1v) is 12.8. The number of sulfonamides is 1. The Morgan fingerprint density at radius 1 is 1.12 bits per heavy atom. The lowest BCUT2D eigenvalue weighted by Crippen LogP contribution is -2.44. The number of nitrogens with zero attached hydrogens (tertiary/aromatic N) is 2. The molecule has 0 saturated carbocycles. The minimum absolute atomic E-state index is 0.0510. The maximum Gasteiger partial charge on any atom is 0.248 e. The Morgan fingerprint density at radius 3 is 2.62 bits per heavy atom. The summed E-state index contributed by atoms with van der Waals surface area (Å²) in [5.74, 6) is -0.422. The average Bonchev–Trinajstić information content (AvgIpc) is 3.21. The highest BCUT2D eigenvalue weighted by Crippen LogP contribution is 2.30. The molecule has 2 heterocycles. The van der Waals surface area contributed by atoms with Crippen molar-refractivity contribution in [1.29, 1.82) is 0 Å². The van der Waals surface area contributed by atoms with Crippen LogP contribution in [0, 0.1) is 26.7 Å². The second-order valence-corrected chi connectivity index (χ2v) is 10.6. The van der Waals surface area contributed by atoms with Crippen LogP contribution in [0.15, 0.2) is 57.9 Å². The second-order valence-electron chi connectivity index (χ2n) is 8.72. The Bertz CT molecular complexity index is 1310. The van der Waals surface area contributed by atoms with Gasteiger partial charge in [-0.25, -0.2) is 8.42 Å². The van der Waals surface area contributed by atoms with E-state index in [1.807, 2.05) is 62.4 Å². The van der Waals surface area contributed by atoms with Crippen LogP contribution in [0.5, 0.6) is 0 Å². The Morgan fingerprint density at radius 2 is 1.88 bits per heavy atom. The molecule has 0 radical (unpaired) electrons. The summed E-state index contributed by atoms with van der Waals surface area (Å²) in [6.45, 7) is 6.02. The van der Waals surface area contributed by atoms with Crippen LogP contribution < -0.4 is 5.32 Å². The van der Waals surface area contributed by atoms with E-state index in [1.54, 1.807) is 19.1 Å². The van der Waals surface area contributed by atoms with Crippen molar-refractivity contribution >= 4 is 33.8 Å². The summed E-state index contributed by atoms with van der Waals surface area (Å²) in [4.78, 5) is 13.0. The average molecular weight is 480 g/mol. The lowest BCUT2D eigenvalue weighted by molar-refractivity contribution is -0.120. The van der Waals surface area contributed by atoms with E-state index in [-0.39, 0.29) is 23.1 Å². The molecule has 2 aromatic carbocycles. The zero-order chi connectivity index (χ0) is 24.3. The summed E-state index contributed by atoms with van der Waals surface area (Å²) in [6.07, 6.45) is 4.64. The number of aryl methyl sites for hydroxylation is 3. The molecule has 1 saturated heterocycles. The molecule has 4 rings (SSSR count). The minimum atomic E-state index is -3.89. The van der Waals surface area contributed by atoms with Crippen LogP contribution in [0.25, 0.3) is 12.2 Å². The molecule has 1 aromatic heterocycles. The van der Waals surface area contributed by atoms with E-state index in [1.165, 1.54) is 4.31 Å². The SMILES string of the molecule is Cc1ccc(NC(=O)C2CCCN(S(=O)(=O)c3c(C)noc3C=Cc3ccccc3)C2)c(C)c1.